The molecule has 13 nitrogen and oxygen atoms in total. The van der Waals surface area contributed by atoms with Crippen LogP contribution < -0.4 is 33.2 Å². The fourth-order valence-electron chi connectivity index (χ4n) is 2.39. The first-order valence-corrected chi connectivity index (χ1v) is 9.50. The summed E-state index contributed by atoms with van der Waals surface area (Å²) in [5, 5.41) is 24.6. The Morgan fingerprint density at radius 1 is 1.03 bits per heavy atom. The fourth-order valence-corrected chi connectivity index (χ4v) is 2.39. The van der Waals surface area contributed by atoms with Crippen LogP contribution in [-0.4, -0.2) is 77.7 Å². The molecule has 11 N–H and O–H groups in total. The third-order valence-electron chi connectivity index (χ3n) is 3.88. The van der Waals surface area contributed by atoms with E-state index in [1.54, 1.807) is 0 Å². The number of aliphatic hydroxyl groups excluding tert-OH is 1. The van der Waals surface area contributed by atoms with Crippen LogP contribution in [0.5, 0.6) is 0 Å². The van der Waals surface area contributed by atoms with Crippen molar-refractivity contribution in [1.29, 1.82) is 0 Å². The number of hydrogen-bond acceptors (Lipinski definition) is 7. The number of nitrogens with one attached hydrogen (secondary N) is 3. The Bertz CT molecular complexity index is 622. The molecule has 0 fully saturated rings. The van der Waals surface area contributed by atoms with Gasteiger partial charge in [0.25, 0.3) is 0 Å². The minimum absolute atomic E-state index is 0.104. The topological polar surface area (TPSA) is 235 Å². The maximum atomic E-state index is 12.4. The molecule has 0 unspecified atom stereocenters. The van der Waals surface area contributed by atoms with Gasteiger partial charge in [-0.15, -0.1) is 0 Å². The molecule has 0 aromatic carbocycles. The van der Waals surface area contributed by atoms with Gasteiger partial charge < -0.3 is 43.4 Å². The molecule has 0 spiro atoms. The summed E-state index contributed by atoms with van der Waals surface area (Å²) in [5.74, 6) is -3.32. The summed E-state index contributed by atoms with van der Waals surface area (Å²) >= 11 is 0. The molecule has 0 aliphatic rings. The Balaban J connectivity index is 4.91. The number of aliphatic imine (C=N–C) groups is 1. The number of carbonyl (C=O) groups is 4. The van der Waals surface area contributed by atoms with Crippen LogP contribution in [0.4, 0.5) is 0 Å². The number of carbonyl (C=O) groups excluding carboxylic acids is 3. The van der Waals surface area contributed by atoms with Crippen molar-refractivity contribution in [3.63, 3.8) is 0 Å². The lowest BCUT2D eigenvalue weighted by atomic mass is 10.0. The molecule has 0 aliphatic heterocycles. The fraction of sp³-hybridized carbons (Fsp3) is 0.706. The minimum Gasteiger partial charge on any atom is -0.480 e. The van der Waals surface area contributed by atoms with E-state index < -0.39 is 55.0 Å². The van der Waals surface area contributed by atoms with Gasteiger partial charge in [-0.2, -0.15) is 0 Å². The van der Waals surface area contributed by atoms with Crippen LogP contribution in [0.1, 0.15) is 33.1 Å². The van der Waals surface area contributed by atoms with Crippen molar-refractivity contribution in [2.45, 2.75) is 51.2 Å². The van der Waals surface area contributed by atoms with Gasteiger partial charge in [-0.25, -0.2) is 4.79 Å². The number of hydrogen-bond donors (Lipinski definition) is 8. The number of carboxylic acids is 1. The van der Waals surface area contributed by atoms with Crippen molar-refractivity contribution >= 4 is 29.7 Å². The zero-order chi connectivity index (χ0) is 23.3. The van der Waals surface area contributed by atoms with E-state index >= 15 is 0 Å². The van der Waals surface area contributed by atoms with E-state index in [1.807, 2.05) is 19.2 Å². The molecular weight excluding hydrogens is 398 g/mol. The first-order valence-electron chi connectivity index (χ1n) is 9.50. The third-order valence-corrected chi connectivity index (χ3v) is 3.88. The van der Waals surface area contributed by atoms with Gasteiger partial charge in [-0.1, -0.05) is 13.8 Å². The van der Waals surface area contributed by atoms with Crippen LogP contribution in [0.3, 0.4) is 0 Å². The van der Waals surface area contributed by atoms with E-state index in [4.69, 9.17) is 27.4 Å². The molecular formula is C17H33N7O6. The maximum absolute atomic E-state index is 12.4. The lowest BCUT2D eigenvalue weighted by Gasteiger charge is -2.21. The van der Waals surface area contributed by atoms with Crippen LogP contribution in [0, 0.1) is 5.92 Å². The minimum atomic E-state index is -1.49. The summed E-state index contributed by atoms with van der Waals surface area (Å²) < 4.78 is 0. The SMILES string of the molecule is CC(C)C[C@H](N)C(=O)N[C@@H](CCCN=C(N)N)C(=O)NCC(=O)N[C@@H](CO)C(=O)O. The van der Waals surface area contributed by atoms with Gasteiger partial charge in [-0.3, -0.25) is 19.4 Å². The van der Waals surface area contributed by atoms with Crippen LogP contribution >= 0.6 is 0 Å². The average Bonchev–Trinajstić information content (AvgIpc) is 2.65. The number of rotatable bonds is 14. The highest BCUT2D eigenvalue weighted by atomic mass is 16.4. The summed E-state index contributed by atoms with van der Waals surface area (Å²) in [6.07, 6.45) is 0.973. The van der Waals surface area contributed by atoms with Crippen LogP contribution in [0.15, 0.2) is 4.99 Å². The molecule has 0 saturated heterocycles. The first kappa shape index (κ1) is 27.1. The summed E-state index contributed by atoms with van der Waals surface area (Å²) in [4.78, 5) is 51.1. The smallest absolute Gasteiger partial charge is 0.328 e. The molecule has 0 saturated carbocycles. The second-order valence-electron chi connectivity index (χ2n) is 7.10. The first-order chi connectivity index (χ1) is 14.0. The van der Waals surface area contributed by atoms with Crippen LogP contribution in [0.25, 0.3) is 0 Å². The molecule has 0 bridgehead atoms. The predicted molar refractivity (Wildman–Crippen MR) is 109 cm³/mol. The van der Waals surface area contributed by atoms with Gasteiger partial charge in [-0.05, 0) is 25.2 Å². The van der Waals surface area contributed by atoms with Gasteiger partial charge in [0.15, 0.2) is 5.96 Å². The molecule has 30 heavy (non-hydrogen) atoms. The Hall–Kier alpha value is -2.93. The normalized spacial score (nSPS) is 13.6. The van der Waals surface area contributed by atoms with Crippen molar-refractivity contribution in [3.8, 4) is 0 Å². The van der Waals surface area contributed by atoms with Crippen LogP contribution in [-0.2, 0) is 19.2 Å². The highest BCUT2D eigenvalue weighted by molar-refractivity contribution is 5.92. The molecule has 0 rings (SSSR count). The Morgan fingerprint density at radius 2 is 1.67 bits per heavy atom. The van der Waals surface area contributed by atoms with E-state index in [0.29, 0.717) is 12.8 Å². The Kier molecular flexibility index (Phi) is 12.7. The van der Waals surface area contributed by atoms with E-state index in [9.17, 15) is 19.2 Å². The quantitative estimate of drug-likeness (QED) is 0.0775. The van der Waals surface area contributed by atoms with E-state index in [0.717, 1.165) is 0 Å². The molecule has 0 heterocycles. The van der Waals surface area contributed by atoms with Crippen molar-refractivity contribution in [3.05, 3.63) is 0 Å². The van der Waals surface area contributed by atoms with Crippen molar-refractivity contribution < 1.29 is 29.4 Å². The summed E-state index contributed by atoms with van der Waals surface area (Å²) in [5.41, 5.74) is 16.3. The maximum Gasteiger partial charge on any atom is 0.328 e. The van der Waals surface area contributed by atoms with Crippen LogP contribution in [0.2, 0.25) is 0 Å². The predicted octanol–water partition coefficient (Wildman–Crippen LogP) is -3.42. The van der Waals surface area contributed by atoms with Gasteiger partial charge in [0, 0.05) is 6.54 Å². The highest BCUT2D eigenvalue weighted by Crippen LogP contribution is 2.05. The van der Waals surface area contributed by atoms with Crippen molar-refractivity contribution in [2.75, 3.05) is 19.7 Å². The lowest BCUT2D eigenvalue weighted by Crippen LogP contribution is -2.54. The Labute approximate surface area is 174 Å². The third kappa shape index (κ3) is 11.8. The number of nitrogens with zero attached hydrogens (tertiary/aromatic N) is 1. The highest BCUT2D eigenvalue weighted by Gasteiger charge is 2.25. The number of amides is 3. The lowest BCUT2D eigenvalue weighted by molar-refractivity contribution is -0.142. The molecule has 0 radical (unpaired) electrons. The summed E-state index contributed by atoms with van der Waals surface area (Å²) in [6.45, 7) is 2.70. The second kappa shape index (κ2) is 14.1. The zero-order valence-electron chi connectivity index (χ0n) is 17.3. The molecule has 3 atom stereocenters. The summed E-state index contributed by atoms with van der Waals surface area (Å²) in [7, 11) is 0. The number of carboxylic acid groups (broad SMARTS) is 1. The monoisotopic (exact) mass is 431 g/mol. The largest absolute Gasteiger partial charge is 0.480 e. The van der Waals surface area contributed by atoms with Gasteiger partial charge in [0.05, 0.1) is 19.2 Å². The van der Waals surface area contributed by atoms with Gasteiger partial charge >= 0.3 is 5.97 Å². The Morgan fingerprint density at radius 3 is 2.17 bits per heavy atom. The number of aliphatic carboxylic acids is 1. The molecule has 13 heteroatoms. The van der Waals surface area contributed by atoms with Crippen molar-refractivity contribution in [2.24, 2.45) is 28.1 Å². The second-order valence-corrected chi connectivity index (χ2v) is 7.10. The van der Waals surface area contributed by atoms with E-state index in [2.05, 4.69) is 15.6 Å². The molecule has 172 valence electrons. The molecule has 0 aromatic rings. The molecule has 3 amide bonds. The number of nitrogens with two attached hydrogens (primary N) is 3. The molecule has 0 aromatic heterocycles. The zero-order valence-corrected chi connectivity index (χ0v) is 17.3. The van der Waals surface area contributed by atoms with E-state index in [-0.39, 0.29) is 24.8 Å². The average molecular weight is 431 g/mol. The van der Waals surface area contributed by atoms with Crippen molar-refractivity contribution in [1.82, 2.24) is 16.0 Å². The number of guanidine groups is 1. The number of aliphatic hydroxyl groups is 1. The van der Waals surface area contributed by atoms with Gasteiger partial charge in [0.1, 0.15) is 12.1 Å². The van der Waals surface area contributed by atoms with Gasteiger partial charge in [0.2, 0.25) is 17.7 Å². The molecule has 0 aliphatic carbocycles. The standard InChI is InChI=1S/C17H33N7O6/c1-9(2)6-10(18)14(27)24-11(4-3-5-21-17(19)20)15(28)22-7-13(26)23-12(8-25)16(29)30/h9-12,25H,3-8,18H2,1-2H3,(H,22,28)(H,23,26)(H,24,27)(H,29,30)(H4,19,20,21)/t10-,11-,12-/m0/s1. The van der Waals surface area contributed by atoms with E-state index in [1.165, 1.54) is 0 Å². The summed E-state index contributed by atoms with van der Waals surface area (Å²) in [6, 6.07) is -3.29.